The predicted molar refractivity (Wildman–Crippen MR) is 46.9 cm³/mol. The zero-order valence-corrected chi connectivity index (χ0v) is 7.59. The molecule has 0 heterocycles. The quantitative estimate of drug-likeness (QED) is 0.684. The molecule has 1 rings (SSSR count). The van der Waals surface area contributed by atoms with Crippen molar-refractivity contribution in [3.05, 3.63) is 29.3 Å². The Bertz CT molecular complexity index is 331. The van der Waals surface area contributed by atoms with Crippen LogP contribution in [0.5, 0.6) is 5.75 Å². The van der Waals surface area contributed by atoms with Crippen LogP contribution in [-0.4, -0.2) is 23.8 Å². The zero-order chi connectivity index (χ0) is 10.7. The molecule has 0 amide bonds. The minimum absolute atomic E-state index is 0.127. The number of benzene rings is 1. The van der Waals surface area contributed by atoms with Crippen molar-refractivity contribution in [2.75, 3.05) is 13.6 Å². The monoisotopic (exact) mass is 203 g/mol. The zero-order valence-electron chi connectivity index (χ0n) is 7.59. The Hall–Kier alpha value is -1.20. The summed E-state index contributed by atoms with van der Waals surface area (Å²) in [4.78, 5) is 0. The largest absolute Gasteiger partial charge is 0.503 e. The minimum atomic E-state index is -1.12. The summed E-state index contributed by atoms with van der Waals surface area (Å²) in [5.41, 5.74) is -0.127. The lowest BCUT2D eigenvalue weighted by atomic mass is 10.1. The van der Waals surface area contributed by atoms with Crippen molar-refractivity contribution in [2.24, 2.45) is 0 Å². The van der Waals surface area contributed by atoms with E-state index in [1.165, 1.54) is 0 Å². The summed E-state index contributed by atoms with van der Waals surface area (Å²) in [7, 11) is 1.59. The summed E-state index contributed by atoms with van der Waals surface area (Å²) in [6.07, 6.45) is -1.11. The van der Waals surface area contributed by atoms with Gasteiger partial charge in [0.15, 0.2) is 17.4 Å². The molecule has 1 unspecified atom stereocenters. The highest BCUT2D eigenvalue weighted by atomic mass is 19.1. The number of aliphatic hydroxyl groups is 1. The number of aliphatic hydroxyl groups excluding tert-OH is 1. The number of likely N-dealkylation sites (N-methyl/N-ethyl adjacent to an activating group) is 1. The Morgan fingerprint density at radius 2 is 2.07 bits per heavy atom. The van der Waals surface area contributed by atoms with Gasteiger partial charge in [0.2, 0.25) is 0 Å². The van der Waals surface area contributed by atoms with Gasteiger partial charge in [0.25, 0.3) is 0 Å². The Kier molecular flexibility index (Phi) is 3.38. The van der Waals surface area contributed by atoms with Gasteiger partial charge in [-0.15, -0.1) is 0 Å². The van der Waals surface area contributed by atoms with Gasteiger partial charge in [-0.3, -0.25) is 0 Å². The van der Waals surface area contributed by atoms with Crippen LogP contribution in [-0.2, 0) is 0 Å². The summed E-state index contributed by atoms with van der Waals surface area (Å²) in [5.74, 6) is -3.21. The van der Waals surface area contributed by atoms with Gasteiger partial charge in [0.05, 0.1) is 6.10 Å². The summed E-state index contributed by atoms with van der Waals surface area (Å²) >= 11 is 0. The van der Waals surface area contributed by atoms with Crippen LogP contribution in [0.3, 0.4) is 0 Å². The van der Waals surface area contributed by atoms with Gasteiger partial charge < -0.3 is 15.5 Å². The van der Waals surface area contributed by atoms with Gasteiger partial charge in [-0.25, -0.2) is 8.78 Å². The first-order chi connectivity index (χ1) is 6.57. The van der Waals surface area contributed by atoms with E-state index in [0.29, 0.717) is 0 Å². The Labute approximate surface area is 80.0 Å². The Morgan fingerprint density at radius 1 is 1.43 bits per heavy atom. The fraction of sp³-hybridized carbons (Fsp3) is 0.333. The maximum absolute atomic E-state index is 13.2. The molecule has 1 aromatic rings. The van der Waals surface area contributed by atoms with Gasteiger partial charge in [-0.1, -0.05) is 6.07 Å². The first-order valence-corrected chi connectivity index (χ1v) is 4.07. The lowest BCUT2D eigenvalue weighted by Gasteiger charge is -2.11. The first kappa shape index (κ1) is 10.9. The molecule has 3 N–H and O–H groups in total. The van der Waals surface area contributed by atoms with Crippen LogP contribution in [0.15, 0.2) is 12.1 Å². The van der Waals surface area contributed by atoms with Gasteiger partial charge in [-0.05, 0) is 13.1 Å². The summed E-state index contributed by atoms with van der Waals surface area (Å²) < 4.78 is 25.8. The summed E-state index contributed by atoms with van der Waals surface area (Å²) in [6.45, 7) is 0.127. The molecule has 0 bridgehead atoms. The van der Waals surface area contributed by atoms with Crippen LogP contribution >= 0.6 is 0 Å². The first-order valence-electron chi connectivity index (χ1n) is 4.07. The third-order valence-electron chi connectivity index (χ3n) is 1.85. The lowest BCUT2D eigenvalue weighted by molar-refractivity contribution is 0.171. The number of nitrogens with one attached hydrogen (secondary N) is 1. The fourth-order valence-corrected chi connectivity index (χ4v) is 1.12. The van der Waals surface area contributed by atoms with E-state index in [2.05, 4.69) is 5.32 Å². The number of halogens is 2. The van der Waals surface area contributed by atoms with E-state index in [1.54, 1.807) is 7.05 Å². The van der Waals surface area contributed by atoms with E-state index in [4.69, 9.17) is 5.11 Å². The van der Waals surface area contributed by atoms with Gasteiger partial charge in [0, 0.05) is 12.1 Å². The molecule has 0 aliphatic rings. The van der Waals surface area contributed by atoms with E-state index in [0.717, 1.165) is 12.1 Å². The number of phenols is 1. The molecule has 1 atom stereocenters. The molecule has 5 heteroatoms. The lowest BCUT2D eigenvalue weighted by Crippen LogP contribution is -2.17. The molecular formula is C9H11F2NO2. The molecular weight excluding hydrogens is 192 g/mol. The number of hydrogen-bond donors (Lipinski definition) is 3. The van der Waals surface area contributed by atoms with E-state index >= 15 is 0 Å². The second-order valence-corrected chi connectivity index (χ2v) is 2.87. The standard InChI is InChI=1S/C9H11F2NO2/c1-12-4-7(13)5-2-3-6(10)9(14)8(5)11/h2-3,7,12-14H,4H2,1H3. The highest BCUT2D eigenvalue weighted by molar-refractivity contribution is 5.32. The number of rotatable bonds is 3. The topological polar surface area (TPSA) is 52.5 Å². The molecule has 3 nitrogen and oxygen atoms in total. The van der Waals surface area contributed by atoms with Crippen LogP contribution in [0.1, 0.15) is 11.7 Å². The molecule has 0 radical (unpaired) electrons. The van der Waals surface area contributed by atoms with Crippen LogP contribution in [0.4, 0.5) is 8.78 Å². The van der Waals surface area contributed by atoms with Crippen molar-refractivity contribution < 1.29 is 19.0 Å². The van der Waals surface area contributed by atoms with Crippen molar-refractivity contribution in [2.45, 2.75) is 6.10 Å². The van der Waals surface area contributed by atoms with Crippen molar-refractivity contribution in [1.29, 1.82) is 0 Å². The maximum Gasteiger partial charge on any atom is 0.188 e. The van der Waals surface area contributed by atoms with E-state index < -0.39 is 23.5 Å². The predicted octanol–water partition coefficient (Wildman–Crippen LogP) is 0.923. The smallest absolute Gasteiger partial charge is 0.188 e. The number of phenolic OH excluding ortho intramolecular Hbond substituents is 1. The average molecular weight is 203 g/mol. The van der Waals surface area contributed by atoms with Crippen molar-refractivity contribution in [3.63, 3.8) is 0 Å². The Morgan fingerprint density at radius 3 is 2.64 bits per heavy atom. The minimum Gasteiger partial charge on any atom is -0.503 e. The average Bonchev–Trinajstić information content (AvgIpc) is 2.15. The second kappa shape index (κ2) is 4.34. The molecule has 1 aromatic carbocycles. The summed E-state index contributed by atoms with van der Waals surface area (Å²) in [5, 5.41) is 20.9. The van der Waals surface area contributed by atoms with Crippen LogP contribution in [0.2, 0.25) is 0 Å². The number of aromatic hydroxyl groups is 1. The molecule has 0 saturated heterocycles. The van der Waals surface area contributed by atoms with Gasteiger partial charge >= 0.3 is 0 Å². The van der Waals surface area contributed by atoms with Crippen molar-refractivity contribution in [1.82, 2.24) is 5.32 Å². The van der Waals surface area contributed by atoms with Crippen LogP contribution < -0.4 is 5.32 Å². The van der Waals surface area contributed by atoms with Gasteiger partial charge in [0.1, 0.15) is 0 Å². The van der Waals surface area contributed by atoms with Crippen molar-refractivity contribution in [3.8, 4) is 5.75 Å². The van der Waals surface area contributed by atoms with Crippen LogP contribution in [0, 0.1) is 11.6 Å². The second-order valence-electron chi connectivity index (χ2n) is 2.87. The third kappa shape index (κ3) is 2.00. The highest BCUT2D eigenvalue weighted by Gasteiger charge is 2.17. The third-order valence-corrected chi connectivity index (χ3v) is 1.85. The number of hydrogen-bond acceptors (Lipinski definition) is 3. The van der Waals surface area contributed by atoms with E-state index in [-0.39, 0.29) is 12.1 Å². The van der Waals surface area contributed by atoms with E-state index in [1.807, 2.05) is 0 Å². The molecule has 0 spiro atoms. The maximum atomic E-state index is 13.2. The Balaban J connectivity index is 3.04. The fourth-order valence-electron chi connectivity index (χ4n) is 1.12. The highest BCUT2D eigenvalue weighted by Crippen LogP contribution is 2.26. The summed E-state index contributed by atoms with van der Waals surface area (Å²) in [6, 6.07) is 2.01. The molecule has 14 heavy (non-hydrogen) atoms. The molecule has 0 aliphatic heterocycles. The SMILES string of the molecule is CNCC(O)c1ccc(F)c(O)c1F. The molecule has 0 saturated carbocycles. The van der Waals surface area contributed by atoms with E-state index in [9.17, 15) is 13.9 Å². The molecule has 0 fully saturated rings. The van der Waals surface area contributed by atoms with Crippen LogP contribution in [0.25, 0.3) is 0 Å². The van der Waals surface area contributed by atoms with Gasteiger partial charge in [-0.2, -0.15) is 0 Å². The molecule has 0 aromatic heterocycles. The van der Waals surface area contributed by atoms with Crippen molar-refractivity contribution >= 4 is 0 Å². The molecule has 78 valence electrons. The normalized spacial score (nSPS) is 12.9. The molecule has 0 aliphatic carbocycles.